The minimum Gasteiger partial charge on any atom is -0.348 e. The van der Waals surface area contributed by atoms with E-state index >= 15 is 0 Å². The number of hydrogen-bond donors (Lipinski definition) is 1. The molecule has 0 atom stereocenters. The largest absolute Gasteiger partial charge is 0.348 e. The van der Waals surface area contributed by atoms with E-state index in [0.29, 0.717) is 11.7 Å². The summed E-state index contributed by atoms with van der Waals surface area (Å²) < 4.78 is 1.84. The van der Waals surface area contributed by atoms with Gasteiger partial charge in [0.25, 0.3) is 5.91 Å². The second-order valence-corrected chi connectivity index (χ2v) is 6.81. The van der Waals surface area contributed by atoms with Crippen molar-refractivity contribution < 1.29 is 4.79 Å². The summed E-state index contributed by atoms with van der Waals surface area (Å²) in [5.41, 5.74) is 0.417. The van der Waals surface area contributed by atoms with Gasteiger partial charge in [-0.3, -0.25) is 4.79 Å². The number of piperidine rings is 1. The molecule has 0 radical (unpaired) electrons. The third-order valence-corrected chi connectivity index (χ3v) is 5.11. The maximum atomic E-state index is 12.3. The van der Waals surface area contributed by atoms with E-state index in [1.165, 1.54) is 12.8 Å². The SMILES string of the molecule is O=C(NC1CCCC1)c1cn(C2CCN(c3ncccn3)CC2)nn1. The van der Waals surface area contributed by atoms with Gasteiger partial charge in [0.2, 0.25) is 5.95 Å². The molecule has 2 aliphatic rings. The Bertz CT molecular complexity index is 703. The molecule has 132 valence electrons. The van der Waals surface area contributed by atoms with Crippen molar-refractivity contribution in [2.45, 2.75) is 50.6 Å². The molecule has 8 heteroatoms. The molecule has 1 aliphatic carbocycles. The van der Waals surface area contributed by atoms with Crippen LogP contribution in [0.1, 0.15) is 55.1 Å². The highest BCUT2D eigenvalue weighted by Crippen LogP contribution is 2.24. The molecule has 4 rings (SSSR count). The number of nitrogens with zero attached hydrogens (tertiary/aromatic N) is 6. The van der Waals surface area contributed by atoms with Gasteiger partial charge in [-0.1, -0.05) is 18.1 Å². The van der Waals surface area contributed by atoms with E-state index in [1.807, 2.05) is 10.7 Å². The van der Waals surface area contributed by atoms with Crippen LogP contribution in [0.25, 0.3) is 0 Å². The number of carbonyl (C=O) groups is 1. The van der Waals surface area contributed by atoms with Crippen molar-refractivity contribution in [2.75, 3.05) is 18.0 Å². The van der Waals surface area contributed by atoms with Gasteiger partial charge in [0.1, 0.15) is 0 Å². The van der Waals surface area contributed by atoms with Crippen molar-refractivity contribution >= 4 is 11.9 Å². The van der Waals surface area contributed by atoms with E-state index < -0.39 is 0 Å². The molecule has 0 spiro atoms. The molecule has 2 aromatic rings. The molecule has 0 bridgehead atoms. The van der Waals surface area contributed by atoms with Gasteiger partial charge in [0.05, 0.1) is 12.2 Å². The first-order valence-electron chi connectivity index (χ1n) is 9.04. The number of nitrogens with one attached hydrogen (secondary N) is 1. The Labute approximate surface area is 146 Å². The zero-order chi connectivity index (χ0) is 17.1. The molecule has 3 heterocycles. The molecular weight excluding hydrogens is 318 g/mol. The summed E-state index contributed by atoms with van der Waals surface area (Å²) in [5, 5.41) is 11.3. The molecule has 1 N–H and O–H groups in total. The summed E-state index contributed by atoms with van der Waals surface area (Å²) in [6.07, 6.45) is 11.7. The van der Waals surface area contributed by atoms with Crippen molar-refractivity contribution in [2.24, 2.45) is 0 Å². The Morgan fingerprint density at radius 1 is 1.08 bits per heavy atom. The van der Waals surface area contributed by atoms with Crippen molar-refractivity contribution in [3.05, 3.63) is 30.4 Å². The second-order valence-electron chi connectivity index (χ2n) is 6.81. The predicted octanol–water partition coefficient (Wildman–Crippen LogP) is 1.58. The first kappa shape index (κ1) is 16.0. The number of hydrogen-bond acceptors (Lipinski definition) is 6. The highest BCUT2D eigenvalue weighted by molar-refractivity contribution is 5.92. The maximum Gasteiger partial charge on any atom is 0.273 e. The van der Waals surface area contributed by atoms with Crippen molar-refractivity contribution in [3.63, 3.8) is 0 Å². The van der Waals surface area contributed by atoms with E-state index in [9.17, 15) is 4.79 Å². The van der Waals surface area contributed by atoms with Crippen LogP contribution in [0.15, 0.2) is 24.7 Å². The number of carbonyl (C=O) groups excluding carboxylic acids is 1. The number of aromatic nitrogens is 5. The van der Waals surface area contributed by atoms with Crippen LogP contribution in [0.5, 0.6) is 0 Å². The molecule has 25 heavy (non-hydrogen) atoms. The molecule has 2 fully saturated rings. The van der Waals surface area contributed by atoms with E-state index in [1.54, 1.807) is 18.6 Å². The lowest BCUT2D eigenvalue weighted by Crippen LogP contribution is -2.36. The summed E-state index contributed by atoms with van der Waals surface area (Å²) in [5.74, 6) is 0.671. The Morgan fingerprint density at radius 3 is 2.52 bits per heavy atom. The van der Waals surface area contributed by atoms with Gasteiger partial charge < -0.3 is 10.2 Å². The lowest BCUT2D eigenvalue weighted by Gasteiger charge is -2.31. The number of rotatable bonds is 4. The zero-order valence-electron chi connectivity index (χ0n) is 14.2. The molecule has 1 amide bonds. The Hall–Kier alpha value is -2.51. The van der Waals surface area contributed by atoms with E-state index in [2.05, 4.69) is 30.5 Å². The summed E-state index contributed by atoms with van der Waals surface area (Å²) in [7, 11) is 0. The zero-order valence-corrected chi connectivity index (χ0v) is 14.2. The van der Waals surface area contributed by atoms with Gasteiger partial charge >= 0.3 is 0 Å². The van der Waals surface area contributed by atoms with Crippen LogP contribution in [-0.4, -0.2) is 50.0 Å². The molecular formula is C17H23N7O. The Kier molecular flexibility index (Phi) is 4.58. The maximum absolute atomic E-state index is 12.3. The lowest BCUT2D eigenvalue weighted by atomic mass is 10.1. The van der Waals surface area contributed by atoms with E-state index in [-0.39, 0.29) is 11.9 Å². The summed E-state index contributed by atoms with van der Waals surface area (Å²) >= 11 is 0. The fourth-order valence-electron chi connectivity index (χ4n) is 3.67. The van der Waals surface area contributed by atoms with Crippen LogP contribution in [0.4, 0.5) is 5.95 Å². The molecule has 0 aromatic carbocycles. The normalized spacial score (nSPS) is 19.3. The van der Waals surface area contributed by atoms with Crippen LogP contribution in [0.2, 0.25) is 0 Å². The fourth-order valence-corrected chi connectivity index (χ4v) is 3.67. The third kappa shape index (κ3) is 3.62. The Morgan fingerprint density at radius 2 is 1.80 bits per heavy atom. The fraction of sp³-hybridized carbons (Fsp3) is 0.588. The van der Waals surface area contributed by atoms with Crippen LogP contribution in [0, 0.1) is 0 Å². The lowest BCUT2D eigenvalue weighted by molar-refractivity contribution is 0.0932. The molecule has 8 nitrogen and oxygen atoms in total. The van der Waals surface area contributed by atoms with Crippen LogP contribution < -0.4 is 10.2 Å². The first-order valence-corrected chi connectivity index (χ1v) is 9.04. The van der Waals surface area contributed by atoms with E-state index in [4.69, 9.17) is 0 Å². The monoisotopic (exact) mass is 341 g/mol. The van der Waals surface area contributed by atoms with Crippen molar-refractivity contribution in [1.82, 2.24) is 30.3 Å². The Balaban J connectivity index is 1.34. The van der Waals surface area contributed by atoms with E-state index in [0.717, 1.165) is 44.7 Å². The minimum atomic E-state index is -0.103. The van der Waals surface area contributed by atoms with Crippen molar-refractivity contribution in [1.29, 1.82) is 0 Å². The quantitative estimate of drug-likeness (QED) is 0.908. The molecule has 2 aromatic heterocycles. The molecule has 1 aliphatic heterocycles. The smallest absolute Gasteiger partial charge is 0.273 e. The molecule has 1 saturated carbocycles. The van der Waals surface area contributed by atoms with Gasteiger partial charge in [0, 0.05) is 31.5 Å². The highest BCUT2D eigenvalue weighted by atomic mass is 16.2. The van der Waals surface area contributed by atoms with Gasteiger partial charge in [-0.25, -0.2) is 14.6 Å². The summed E-state index contributed by atoms with van der Waals surface area (Å²) in [6, 6.07) is 2.39. The number of amides is 1. The van der Waals surface area contributed by atoms with Crippen LogP contribution in [0.3, 0.4) is 0 Å². The average Bonchev–Trinajstić information content (AvgIpc) is 3.34. The number of anilines is 1. The predicted molar refractivity (Wildman–Crippen MR) is 92.3 cm³/mol. The second kappa shape index (κ2) is 7.16. The van der Waals surface area contributed by atoms with Crippen LogP contribution in [-0.2, 0) is 0 Å². The van der Waals surface area contributed by atoms with Gasteiger partial charge in [-0.15, -0.1) is 5.10 Å². The van der Waals surface area contributed by atoms with Crippen molar-refractivity contribution in [3.8, 4) is 0 Å². The first-order chi connectivity index (χ1) is 12.3. The molecule has 0 unspecified atom stereocenters. The molecule has 1 saturated heterocycles. The minimum absolute atomic E-state index is 0.103. The standard InChI is InChI=1S/C17H23N7O/c25-16(20-13-4-1-2-5-13)15-12-24(22-21-15)14-6-10-23(11-7-14)17-18-8-3-9-19-17/h3,8-9,12-14H,1-2,4-7,10-11H2,(H,20,25). The van der Waals surface area contributed by atoms with Gasteiger partial charge in [-0.05, 0) is 31.7 Å². The van der Waals surface area contributed by atoms with Crippen LogP contribution >= 0.6 is 0 Å². The average molecular weight is 341 g/mol. The highest BCUT2D eigenvalue weighted by Gasteiger charge is 2.25. The van der Waals surface area contributed by atoms with Gasteiger partial charge in [0.15, 0.2) is 5.69 Å². The summed E-state index contributed by atoms with van der Waals surface area (Å²) in [6.45, 7) is 1.75. The third-order valence-electron chi connectivity index (χ3n) is 5.11. The van der Waals surface area contributed by atoms with Gasteiger partial charge in [-0.2, -0.15) is 0 Å². The summed E-state index contributed by atoms with van der Waals surface area (Å²) in [4.78, 5) is 23.1. The topological polar surface area (TPSA) is 88.8 Å².